The summed E-state index contributed by atoms with van der Waals surface area (Å²) in [5, 5.41) is 0. The van der Waals surface area contributed by atoms with E-state index >= 15 is 0 Å². The molecule has 0 aromatic carbocycles. The summed E-state index contributed by atoms with van der Waals surface area (Å²) >= 11 is 0. The van der Waals surface area contributed by atoms with E-state index in [1.807, 2.05) is 0 Å². The molecule has 1 aromatic heterocycles. The Balaban J connectivity index is 2.11. The largest absolute Gasteiger partial charge is 0.380 e. The summed E-state index contributed by atoms with van der Waals surface area (Å²) in [6.45, 7) is 6.34. The molecule has 0 unspecified atom stereocenters. The number of H-pyrrole nitrogens is 1. The summed E-state index contributed by atoms with van der Waals surface area (Å²) in [7, 11) is 0. The van der Waals surface area contributed by atoms with Crippen LogP contribution in [0.5, 0.6) is 0 Å². The molecule has 1 aromatic rings. The molecule has 80 valence electrons. The van der Waals surface area contributed by atoms with Crippen LogP contribution < -0.4 is 5.69 Å². The van der Waals surface area contributed by atoms with Gasteiger partial charge in [-0.05, 0) is 12.3 Å². The first kappa shape index (κ1) is 11.0. The van der Waals surface area contributed by atoms with E-state index in [1.165, 1.54) is 0 Å². The Labute approximate surface area is 83.9 Å². The highest BCUT2D eigenvalue weighted by Gasteiger charge is 1.96. The Morgan fingerprint density at radius 3 is 2.86 bits per heavy atom. The number of rotatable bonds is 6. The summed E-state index contributed by atoms with van der Waals surface area (Å²) in [6.07, 6.45) is 4.44. The second kappa shape index (κ2) is 5.65. The number of hydrogen-bond acceptors (Lipinski definition) is 2. The summed E-state index contributed by atoms with van der Waals surface area (Å²) in [5.41, 5.74) is -0.0718. The van der Waals surface area contributed by atoms with E-state index in [0.29, 0.717) is 19.1 Å². The molecule has 0 radical (unpaired) electrons. The van der Waals surface area contributed by atoms with Gasteiger partial charge in [-0.1, -0.05) is 13.8 Å². The monoisotopic (exact) mass is 198 g/mol. The molecule has 0 spiro atoms. The molecule has 4 nitrogen and oxygen atoms in total. The van der Waals surface area contributed by atoms with Gasteiger partial charge >= 0.3 is 5.69 Å². The van der Waals surface area contributed by atoms with Crippen molar-refractivity contribution in [2.24, 2.45) is 5.92 Å². The SMILES string of the molecule is CC(C)CCOCCn1cc[nH]c1=O. The molecule has 0 atom stereocenters. The lowest BCUT2D eigenvalue weighted by molar-refractivity contribution is 0.115. The zero-order valence-corrected chi connectivity index (χ0v) is 8.82. The third-order valence-electron chi connectivity index (χ3n) is 2.04. The van der Waals surface area contributed by atoms with Gasteiger partial charge < -0.3 is 9.72 Å². The molecule has 1 rings (SSSR count). The van der Waals surface area contributed by atoms with Gasteiger partial charge in [-0.3, -0.25) is 4.57 Å². The van der Waals surface area contributed by atoms with Crippen molar-refractivity contribution in [2.75, 3.05) is 13.2 Å². The molecule has 0 aliphatic rings. The fourth-order valence-electron chi connectivity index (χ4n) is 1.11. The number of hydrogen-bond donors (Lipinski definition) is 1. The molecule has 0 fully saturated rings. The van der Waals surface area contributed by atoms with E-state index in [-0.39, 0.29) is 5.69 Å². The van der Waals surface area contributed by atoms with Crippen molar-refractivity contribution in [3.63, 3.8) is 0 Å². The fourth-order valence-corrected chi connectivity index (χ4v) is 1.11. The molecular formula is C10H18N2O2. The Kier molecular flexibility index (Phi) is 4.46. The standard InChI is InChI=1S/C10H18N2O2/c1-9(2)3-7-14-8-6-12-5-4-11-10(12)13/h4-5,9H,3,6-8H2,1-2H3,(H,11,13). The first-order valence-electron chi connectivity index (χ1n) is 5.01. The van der Waals surface area contributed by atoms with E-state index in [0.717, 1.165) is 13.0 Å². The first-order chi connectivity index (χ1) is 6.70. The van der Waals surface area contributed by atoms with Crippen LogP contribution in [-0.4, -0.2) is 22.8 Å². The van der Waals surface area contributed by atoms with Crippen LogP contribution in [0.15, 0.2) is 17.2 Å². The maximum absolute atomic E-state index is 11.0. The van der Waals surface area contributed by atoms with Crippen molar-refractivity contribution < 1.29 is 4.74 Å². The van der Waals surface area contributed by atoms with Crippen LogP contribution in [-0.2, 0) is 11.3 Å². The van der Waals surface area contributed by atoms with E-state index in [1.54, 1.807) is 17.0 Å². The fraction of sp³-hybridized carbons (Fsp3) is 0.700. The lowest BCUT2D eigenvalue weighted by Crippen LogP contribution is -2.19. The quantitative estimate of drug-likeness (QED) is 0.699. The molecule has 0 saturated heterocycles. The summed E-state index contributed by atoms with van der Waals surface area (Å²) < 4.78 is 7.01. The summed E-state index contributed by atoms with van der Waals surface area (Å²) in [4.78, 5) is 13.6. The van der Waals surface area contributed by atoms with Crippen LogP contribution in [0.25, 0.3) is 0 Å². The van der Waals surface area contributed by atoms with Crippen LogP contribution in [0, 0.1) is 5.92 Å². The van der Waals surface area contributed by atoms with Crippen LogP contribution in [0.2, 0.25) is 0 Å². The third-order valence-corrected chi connectivity index (χ3v) is 2.04. The maximum atomic E-state index is 11.0. The van der Waals surface area contributed by atoms with Gasteiger partial charge in [-0.15, -0.1) is 0 Å². The van der Waals surface area contributed by atoms with Crippen LogP contribution >= 0.6 is 0 Å². The second-order valence-corrected chi connectivity index (χ2v) is 3.75. The molecule has 1 heterocycles. The van der Waals surface area contributed by atoms with E-state index in [4.69, 9.17) is 4.74 Å². The average Bonchev–Trinajstić information content (AvgIpc) is 2.51. The number of aromatic nitrogens is 2. The number of aromatic amines is 1. The van der Waals surface area contributed by atoms with E-state index < -0.39 is 0 Å². The van der Waals surface area contributed by atoms with Gasteiger partial charge in [0.25, 0.3) is 0 Å². The molecular weight excluding hydrogens is 180 g/mol. The van der Waals surface area contributed by atoms with E-state index in [9.17, 15) is 4.79 Å². The number of nitrogens with zero attached hydrogens (tertiary/aromatic N) is 1. The number of nitrogens with one attached hydrogen (secondary N) is 1. The highest BCUT2D eigenvalue weighted by atomic mass is 16.5. The van der Waals surface area contributed by atoms with Gasteiger partial charge in [0.2, 0.25) is 0 Å². The highest BCUT2D eigenvalue weighted by Crippen LogP contribution is 1.98. The highest BCUT2D eigenvalue weighted by molar-refractivity contribution is 4.75. The smallest absolute Gasteiger partial charge is 0.325 e. The number of ether oxygens (including phenoxy) is 1. The molecule has 0 saturated carbocycles. The van der Waals surface area contributed by atoms with Gasteiger partial charge in [0.15, 0.2) is 0 Å². The molecule has 14 heavy (non-hydrogen) atoms. The Morgan fingerprint density at radius 1 is 1.50 bits per heavy atom. The van der Waals surface area contributed by atoms with Gasteiger partial charge in [0.1, 0.15) is 0 Å². The van der Waals surface area contributed by atoms with Crippen molar-refractivity contribution in [2.45, 2.75) is 26.8 Å². The minimum atomic E-state index is -0.0718. The molecule has 4 heteroatoms. The van der Waals surface area contributed by atoms with Crippen molar-refractivity contribution in [1.82, 2.24) is 9.55 Å². The predicted octanol–water partition coefficient (Wildman–Crippen LogP) is 1.24. The molecule has 0 aliphatic carbocycles. The minimum Gasteiger partial charge on any atom is -0.380 e. The normalized spacial score (nSPS) is 11.1. The maximum Gasteiger partial charge on any atom is 0.325 e. The van der Waals surface area contributed by atoms with Crippen LogP contribution in [0.1, 0.15) is 20.3 Å². The van der Waals surface area contributed by atoms with Crippen LogP contribution in [0.3, 0.4) is 0 Å². The average molecular weight is 198 g/mol. The van der Waals surface area contributed by atoms with Gasteiger partial charge in [0.05, 0.1) is 13.2 Å². The Hall–Kier alpha value is -1.03. The van der Waals surface area contributed by atoms with E-state index in [2.05, 4.69) is 18.8 Å². The van der Waals surface area contributed by atoms with Gasteiger partial charge in [0, 0.05) is 19.0 Å². The molecule has 0 bridgehead atoms. The third kappa shape index (κ3) is 3.79. The topological polar surface area (TPSA) is 47.0 Å². The second-order valence-electron chi connectivity index (χ2n) is 3.75. The van der Waals surface area contributed by atoms with Gasteiger partial charge in [-0.25, -0.2) is 4.79 Å². The molecule has 0 aliphatic heterocycles. The van der Waals surface area contributed by atoms with Crippen molar-refractivity contribution in [1.29, 1.82) is 0 Å². The zero-order chi connectivity index (χ0) is 10.4. The van der Waals surface area contributed by atoms with Crippen molar-refractivity contribution in [3.05, 3.63) is 22.9 Å². The number of imidazole rings is 1. The Morgan fingerprint density at radius 2 is 2.29 bits per heavy atom. The zero-order valence-electron chi connectivity index (χ0n) is 8.82. The van der Waals surface area contributed by atoms with Crippen molar-refractivity contribution in [3.8, 4) is 0 Å². The molecule has 1 N–H and O–H groups in total. The molecule has 0 amide bonds. The lowest BCUT2D eigenvalue weighted by atomic mass is 10.1. The predicted molar refractivity (Wildman–Crippen MR) is 55.3 cm³/mol. The lowest BCUT2D eigenvalue weighted by Gasteiger charge is -2.06. The Bertz CT molecular complexity index is 301. The van der Waals surface area contributed by atoms with Gasteiger partial charge in [-0.2, -0.15) is 0 Å². The summed E-state index contributed by atoms with van der Waals surface area (Å²) in [5.74, 6) is 0.671. The minimum absolute atomic E-state index is 0.0718. The van der Waals surface area contributed by atoms with Crippen LogP contribution in [0.4, 0.5) is 0 Å². The summed E-state index contributed by atoms with van der Waals surface area (Å²) in [6, 6.07) is 0. The first-order valence-corrected chi connectivity index (χ1v) is 5.01. The van der Waals surface area contributed by atoms with Crippen molar-refractivity contribution >= 4 is 0 Å².